The van der Waals surface area contributed by atoms with Crippen molar-refractivity contribution >= 4 is 34.2 Å². The first-order valence-electron chi connectivity index (χ1n) is 10.1. The fourth-order valence-corrected chi connectivity index (χ4v) is 4.63. The van der Waals surface area contributed by atoms with Gasteiger partial charge in [-0.15, -0.1) is 11.3 Å². The average Bonchev–Trinajstić information content (AvgIpc) is 3.35. The molecule has 3 N–H and O–H groups in total. The highest BCUT2D eigenvalue weighted by Crippen LogP contribution is 2.32. The number of carbonyl (C=O) groups is 3. The largest absolute Gasteiger partial charge is 0.366 e. The molecule has 164 valence electrons. The molecule has 32 heavy (non-hydrogen) atoms. The van der Waals surface area contributed by atoms with E-state index in [4.69, 9.17) is 5.73 Å². The molecule has 1 saturated heterocycles. The van der Waals surface area contributed by atoms with Crippen LogP contribution in [0, 0.1) is 6.92 Å². The number of urea groups is 1. The van der Waals surface area contributed by atoms with Gasteiger partial charge in [-0.2, -0.15) is 0 Å². The number of aromatic nitrogens is 1. The van der Waals surface area contributed by atoms with E-state index < -0.39 is 5.91 Å². The van der Waals surface area contributed by atoms with E-state index in [0.717, 1.165) is 21.7 Å². The Morgan fingerprint density at radius 3 is 2.62 bits per heavy atom. The molecule has 1 aromatic carbocycles. The second kappa shape index (κ2) is 9.19. The smallest absolute Gasteiger partial charge is 0.325 e. The lowest BCUT2D eigenvalue weighted by molar-refractivity contribution is 0.0953. The molecule has 3 heterocycles. The normalized spacial score (nSPS) is 13.5. The molecule has 1 aliphatic rings. The number of nitrogens with zero attached hydrogens (tertiary/aromatic N) is 3. The van der Waals surface area contributed by atoms with E-state index in [9.17, 15) is 14.4 Å². The third kappa shape index (κ3) is 4.62. The monoisotopic (exact) mass is 449 g/mol. The summed E-state index contributed by atoms with van der Waals surface area (Å²) in [4.78, 5) is 44.9. The van der Waals surface area contributed by atoms with Gasteiger partial charge in [-0.1, -0.05) is 18.2 Å². The van der Waals surface area contributed by atoms with Crippen LogP contribution in [0.15, 0.2) is 54.9 Å². The molecule has 8 nitrogen and oxygen atoms in total. The zero-order chi connectivity index (χ0) is 22.7. The van der Waals surface area contributed by atoms with Crippen molar-refractivity contribution in [2.24, 2.45) is 5.73 Å². The number of primary amides is 1. The maximum absolute atomic E-state index is 13.0. The van der Waals surface area contributed by atoms with Crippen molar-refractivity contribution < 1.29 is 14.4 Å². The van der Waals surface area contributed by atoms with Crippen LogP contribution in [0.25, 0.3) is 0 Å². The van der Waals surface area contributed by atoms with Crippen molar-refractivity contribution in [1.82, 2.24) is 15.2 Å². The lowest BCUT2D eigenvalue weighted by atomic mass is 10.1. The molecule has 0 bridgehead atoms. The molecule has 1 aliphatic heterocycles. The van der Waals surface area contributed by atoms with E-state index in [1.807, 2.05) is 25.1 Å². The zero-order valence-corrected chi connectivity index (χ0v) is 18.4. The van der Waals surface area contributed by atoms with Gasteiger partial charge in [0, 0.05) is 44.1 Å². The number of hydrogen-bond donors (Lipinski definition) is 2. The van der Waals surface area contributed by atoms with Gasteiger partial charge in [0.05, 0.1) is 4.88 Å². The Morgan fingerprint density at radius 2 is 1.94 bits per heavy atom. The molecule has 0 atom stereocenters. The third-order valence-corrected chi connectivity index (χ3v) is 6.52. The van der Waals surface area contributed by atoms with Crippen molar-refractivity contribution in [2.75, 3.05) is 18.0 Å². The number of pyridine rings is 1. The molecular formula is C23H23N5O3S. The Morgan fingerprint density at radius 1 is 1.16 bits per heavy atom. The second-order valence-electron chi connectivity index (χ2n) is 7.56. The van der Waals surface area contributed by atoms with Gasteiger partial charge in [0.2, 0.25) is 5.91 Å². The van der Waals surface area contributed by atoms with Crippen LogP contribution in [0.3, 0.4) is 0 Å². The average molecular weight is 450 g/mol. The second-order valence-corrected chi connectivity index (χ2v) is 8.59. The number of nitrogens with one attached hydrogen (secondary N) is 1. The Hall–Kier alpha value is -3.72. The van der Waals surface area contributed by atoms with Crippen LogP contribution in [0.1, 0.15) is 36.7 Å². The SMILES string of the molecule is Cc1cc(N2CCN(Cc3ccc(C(N)=O)cc3)C2=O)sc1C(=O)NCc1cccnc1. The van der Waals surface area contributed by atoms with Gasteiger partial charge in [0.15, 0.2) is 0 Å². The molecule has 0 radical (unpaired) electrons. The highest BCUT2D eigenvalue weighted by Gasteiger charge is 2.31. The van der Waals surface area contributed by atoms with Gasteiger partial charge in [0.25, 0.3) is 5.91 Å². The molecule has 2 aromatic heterocycles. The number of hydrogen-bond acceptors (Lipinski definition) is 5. The number of nitrogens with two attached hydrogens (primary N) is 1. The number of thiophene rings is 1. The topological polar surface area (TPSA) is 109 Å². The Kier molecular flexibility index (Phi) is 6.18. The van der Waals surface area contributed by atoms with Crippen LogP contribution >= 0.6 is 11.3 Å². The first kappa shape index (κ1) is 21.5. The lowest BCUT2D eigenvalue weighted by Gasteiger charge is -2.17. The number of benzene rings is 1. The van der Waals surface area contributed by atoms with Crippen LogP contribution in [0.5, 0.6) is 0 Å². The minimum atomic E-state index is -0.478. The highest BCUT2D eigenvalue weighted by atomic mass is 32.1. The van der Waals surface area contributed by atoms with Crippen molar-refractivity contribution in [3.05, 3.63) is 82.0 Å². The summed E-state index contributed by atoms with van der Waals surface area (Å²) in [5.41, 5.74) is 8.39. The molecule has 0 unspecified atom stereocenters. The summed E-state index contributed by atoms with van der Waals surface area (Å²) in [6.07, 6.45) is 3.40. The predicted molar refractivity (Wildman–Crippen MR) is 123 cm³/mol. The molecule has 9 heteroatoms. The van der Waals surface area contributed by atoms with Crippen molar-refractivity contribution in [3.63, 3.8) is 0 Å². The molecule has 0 saturated carbocycles. The Balaban J connectivity index is 1.40. The van der Waals surface area contributed by atoms with Crippen molar-refractivity contribution in [2.45, 2.75) is 20.0 Å². The fourth-order valence-electron chi connectivity index (χ4n) is 3.52. The van der Waals surface area contributed by atoms with Crippen LogP contribution in [0.4, 0.5) is 9.80 Å². The molecule has 4 rings (SSSR count). The van der Waals surface area contributed by atoms with Crippen molar-refractivity contribution in [3.8, 4) is 0 Å². The summed E-state index contributed by atoms with van der Waals surface area (Å²) >= 11 is 1.32. The van der Waals surface area contributed by atoms with Crippen LogP contribution in [-0.2, 0) is 13.1 Å². The van der Waals surface area contributed by atoms with Crippen LogP contribution < -0.4 is 16.0 Å². The number of anilines is 1. The van der Waals surface area contributed by atoms with Gasteiger partial charge in [-0.05, 0) is 47.9 Å². The summed E-state index contributed by atoms with van der Waals surface area (Å²) < 4.78 is 0. The maximum Gasteiger partial charge on any atom is 0.325 e. The van der Waals surface area contributed by atoms with E-state index in [1.165, 1.54) is 11.3 Å². The van der Waals surface area contributed by atoms with Gasteiger partial charge in [-0.3, -0.25) is 19.5 Å². The van der Waals surface area contributed by atoms with Gasteiger partial charge < -0.3 is 16.0 Å². The first-order valence-corrected chi connectivity index (χ1v) is 11.0. The fraction of sp³-hybridized carbons (Fsp3) is 0.217. The van der Waals surface area contributed by atoms with E-state index in [1.54, 1.807) is 46.5 Å². The summed E-state index contributed by atoms with van der Waals surface area (Å²) in [5, 5.41) is 3.67. The van der Waals surface area contributed by atoms with E-state index in [0.29, 0.717) is 36.6 Å². The highest BCUT2D eigenvalue weighted by molar-refractivity contribution is 7.18. The predicted octanol–water partition coefficient (Wildman–Crippen LogP) is 2.92. The number of amides is 4. The number of aryl methyl sites for hydroxylation is 1. The minimum absolute atomic E-state index is 0.104. The van der Waals surface area contributed by atoms with Gasteiger partial charge in [0.1, 0.15) is 5.00 Å². The number of rotatable bonds is 7. The Bertz CT molecular complexity index is 1140. The quantitative estimate of drug-likeness (QED) is 0.578. The van der Waals surface area contributed by atoms with Crippen LogP contribution in [-0.4, -0.2) is 40.8 Å². The molecule has 0 aliphatic carbocycles. The van der Waals surface area contributed by atoms with E-state index >= 15 is 0 Å². The van der Waals surface area contributed by atoms with Crippen molar-refractivity contribution in [1.29, 1.82) is 0 Å². The molecule has 3 aromatic rings. The summed E-state index contributed by atoms with van der Waals surface area (Å²) in [7, 11) is 0. The van der Waals surface area contributed by atoms with E-state index in [2.05, 4.69) is 10.3 Å². The van der Waals surface area contributed by atoms with Gasteiger partial charge in [-0.25, -0.2) is 4.79 Å². The summed E-state index contributed by atoms with van der Waals surface area (Å²) in [6.45, 7) is 3.84. The lowest BCUT2D eigenvalue weighted by Crippen LogP contribution is -2.31. The maximum atomic E-state index is 13.0. The number of carbonyl (C=O) groups excluding carboxylic acids is 3. The standard InChI is InChI=1S/C23H23N5O3S/c1-15-11-19(32-20(15)22(30)26-13-17-3-2-8-25-12-17)28-10-9-27(23(28)31)14-16-4-6-18(7-5-16)21(24)29/h2-8,11-12H,9-10,13-14H2,1H3,(H2,24,29)(H,26,30). The van der Waals surface area contributed by atoms with Crippen LogP contribution in [0.2, 0.25) is 0 Å². The molecule has 1 fully saturated rings. The first-order chi connectivity index (χ1) is 15.4. The molecule has 0 spiro atoms. The molecular weight excluding hydrogens is 426 g/mol. The zero-order valence-electron chi connectivity index (χ0n) is 17.6. The minimum Gasteiger partial charge on any atom is -0.366 e. The Labute approximate surface area is 189 Å². The third-order valence-electron chi connectivity index (χ3n) is 5.26. The molecule has 4 amide bonds. The van der Waals surface area contributed by atoms with E-state index in [-0.39, 0.29) is 11.9 Å². The van der Waals surface area contributed by atoms with Gasteiger partial charge >= 0.3 is 6.03 Å². The summed E-state index contributed by atoms with van der Waals surface area (Å²) in [6, 6.07) is 12.4. The summed E-state index contributed by atoms with van der Waals surface area (Å²) in [5.74, 6) is -0.644.